The lowest BCUT2D eigenvalue weighted by Crippen LogP contribution is -1.87. The van der Waals surface area contributed by atoms with Crippen LogP contribution in [0.3, 0.4) is 0 Å². The second kappa shape index (κ2) is 2.52. The number of hydrogen-bond donors (Lipinski definition) is 0. The van der Waals surface area contributed by atoms with Gasteiger partial charge in [-0.3, -0.25) is 0 Å². The molecule has 0 aliphatic heterocycles. The van der Waals surface area contributed by atoms with Gasteiger partial charge in [-0.15, -0.1) is 0 Å². The summed E-state index contributed by atoms with van der Waals surface area (Å²) in [5.74, 6) is -0.297. The molecule has 0 aliphatic carbocycles. The fraction of sp³-hybridized carbons (Fsp3) is 0.111. The van der Waals surface area contributed by atoms with Crippen LogP contribution < -0.4 is 0 Å². The number of nitrogens with zero attached hydrogens (tertiary/aromatic N) is 2. The molecule has 0 aliphatic rings. The van der Waals surface area contributed by atoms with Gasteiger partial charge >= 0.3 is 0 Å². The van der Waals surface area contributed by atoms with Gasteiger partial charge < -0.3 is 0 Å². The highest BCUT2D eigenvalue weighted by atomic mass is 19.1. The van der Waals surface area contributed by atoms with E-state index in [1.165, 1.54) is 12.1 Å². The normalized spacial score (nSPS) is 10.5. The second-order valence-electron chi connectivity index (χ2n) is 2.55. The van der Waals surface area contributed by atoms with E-state index in [-0.39, 0.29) is 5.82 Å². The van der Waals surface area contributed by atoms with E-state index in [0.29, 0.717) is 16.7 Å². The Hall–Kier alpha value is -1.51. The molecule has 2 rings (SSSR count). The summed E-state index contributed by atoms with van der Waals surface area (Å²) in [6, 6.07) is 4.33. The molecule has 0 amide bonds. The lowest BCUT2D eigenvalue weighted by Gasteiger charge is -1.95. The Morgan fingerprint density at radius 3 is 3.00 bits per heavy atom. The number of hydrogen-bond acceptors (Lipinski definition) is 2. The molecule has 0 saturated carbocycles. The van der Waals surface area contributed by atoms with Gasteiger partial charge in [-0.05, 0) is 19.1 Å². The summed E-state index contributed by atoms with van der Waals surface area (Å²) in [7, 11) is 0. The highest BCUT2D eigenvalue weighted by Crippen LogP contribution is 2.10. The number of aryl methyl sites for hydroxylation is 1. The van der Waals surface area contributed by atoms with Crippen LogP contribution in [0, 0.1) is 18.9 Å². The molecule has 12 heavy (non-hydrogen) atoms. The van der Waals surface area contributed by atoms with Gasteiger partial charge in [0, 0.05) is 6.07 Å². The number of aromatic nitrogens is 2. The van der Waals surface area contributed by atoms with Crippen LogP contribution in [0.2, 0.25) is 0 Å². The first-order valence-electron chi connectivity index (χ1n) is 3.57. The summed E-state index contributed by atoms with van der Waals surface area (Å²) >= 11 is 0. The topological polar surface area (TPSA) is 25.8 Å². The van der Waals surface area contributed by atoms with E-state index in [1.807, 2.05) is 0 Å². The molecule has 0 fully saturated rings. The third kappa shape index (κ3) is 1.13. The Morgan fingerprint density at radius 1 is 1.33 bits per heavy atom. The van der Waals surface area contributed by atoms with E-state index in [1.54, 1.807) is 13.0 Å². The maximum absolute atomic E-state index is 12.7. The van der Waals surface area contributed by atoms with Gasteiger partial charge in [0.2, 0.25) is 0 Å². The summed E-state index contributed by atoms with van der Waals surface area (Å²) in [5, 5.41) is 0. The van der Waals surface area contributed by atoms with Crippen molar-refractivity contribution in [3.63, 3.8) is 0 Å². The Kier molecular flexibility index (Phi) is 1.50. The zero-order chi connectivity index (χ0) is 8.55. The molecule has 0 unspecified atom stereocenters. The van der Waals surface area contributed by atoms with Crippen LogP contribution >= 0.6 is 0 Å². The first-order chi connectivity index (χ1) is 5.75. The molecule has 2 aromatic rings. The number of benzene rings is 1. The quantitative estimate of drug-likeness (QED) is 0.589. The molecule has 59 valence electrons. The van der Waals surface area contributed by atoms with Gasteiger partial charge in [0.25, 0.3) is 0 Å². The summed E-state index contributed by atoms with van der Waals surface area (Å²) in [6.45, 7) is 1.80. The molecule has 0 saturated heterocycles. The Balaban J connectivity index is 2.79. The van der Waals surface area contributed by atoms with Gasteiger partial charge in [-0.25, -0.2) is 14.4 Å². The van der Waals surface area contributed by atoms with Crippen LogP contribution in [-0.4, -0.2) is 9.97 Å². The summed E-state index contributed by atoms with van der Waals surface area (Å²) in [4.78, 5) is 8.05. The number of fused-ring (bicyclic) bond motifs is 1. The fourth-order valence-electron chi connectivity index (χ4n) is 1.03. The maximum Gasteiger partial charge on any atom is 0.125 e. The van der Waals surface area contributed by atoms with E-state index >= 15 is 0 Å². The average molecular weight is 161 g/mol. The Labute approximate surface area is 69.1 Å². The molecule has 1 aromatic carbocycles. The van der Waals surface area contributed by atoms with Crippen LogP contribution in [0.25, 0.3) is 11.0 Å². The van der Waals surface area contributed by atoms with E-state index in [2.05, 4.69) is 16.2 Å². The lowest BCUT2D eigenvalue weighted by molar-refractivity contribution is 0.629. The van der Waals surface area contributed by atoms with Gasteiger partial charge in [0.15, 0.2) is 0 Å². The summed E-state index contributed by atoms with van der Waals surface area (Å²) in [5.41, 5.74) is 1.96. The van der Waals surface area contributed by atoms with E-state index < -0.39 is 0 Å². The van der Waals surface area contributed by atoms with Crippen molar-refractivity contribution in [1.82, 2.24) is 9.97 Å². The van der Waals surface area contributed by atoms with Crippen molar-refractivity contribution in [2.45, 2.75) is 6.92 Å². The minimum absolute atomic E-state index is 0.297. The standard InChI is InChI=1S/C9H6FN2/c1-6-5-11-9-4-7(10)2-3-8(9)12-6/h2-4H,1H3. The van der Waals surface area contributed by atoms with Crippen molar-refractivity contribution in [2.75, 3.05) is 0 Å². The van der Waals surface area contributed by atoms with Crippen molar-refractivity contribution < 1.29 is 4.39 Å². The third-order valence-electron chi connectivity index (χ3n) is 1.56. The minimum Gasteiger partial charge on any atom is -0.249 e. The first-order valence-corrected chi connectivity index (χ1v) is 3.57. The van der Waals surface area contributed by atoms with Gasteiger partial charge in [-0.1, -0.05) is 0 Å². The van der Waals surface area contributed by atoms with Crippen molar-refractivity contribution in [3.8, 4) is 0 Å². The van der Waals surface area contributed by atoms with Gasteiger partial charge in [0.05, 0.1) is 16.7 Å². The average Bonchev–Trinajstić information content (AvgIpc) is 2.05. The van der Waals surface area contributed by atoms with Crippen LogP contribution in [0.1, 0.15) is 5.69 Å². The maximum atomic E-state index is 12.7. The molecule has 3 heteroatoms. The minimum atomic E-state index is -0.297. The van der Waals surface area contributed by atoms with E-state index in [4.69, 9.17) is 0 Å². The summed E-state index contributed by atoms with van der Waals surface area (Å²) in [6.07, 6.45) is 2.67. The molecular weight excluding hydrogens is 155 g/mol. The zero-order valence-corrected chi connectivity index (χ0v) is 6.50. The predicted molar refractivity (Wildman–Crippen MR) is 43.1 cm³/mol. The largest absolute Gasteiger partial charge is 0.249 e. The zero-order valence-electron chi connectivity index (χ0n) is 6.50. The van der Waals surface area contributed by atoms with Crippen molar-refractivity contribution in [3.05, 3.63) is 35.9 Å². The molecule has 0 atom stereocenters. The van der Waals surface area contributed by atoms with Crippen LogP contribution in [-0.2, 0) is 0 Å². The van der Waals surface area contributed by atoms with Gasteiger partial charge in [0.1, 0.15) is 12.0 Å². The molecule has 1 radical (unpaired) electrons. The molecule has 0 bridgehead atoms. The number of rotatable bonds is 0. The molecule has 2 nitrogen and oxygen atoms in total. The molecule has 1 heterocycles. The smallest absolute Gasteiger partial charge is 0.125 e. The third-order valence-corrected chi connectivity index (χ3v) is 1.56. The van der Waals surface area contributed by atoms with Crippen molar-refractivity contribution in [2.24, 2.45) is 0 Å². The molecular formula is C9H6FN2. The lowest BCUT2D eigenvalue weighted by atomic mass is 10.3. The van der Waals surface area contributed by atoms with Crippen LogP contribution in [0.4, 0.5) is 4.39 Å². The van der Waals surface area contributed by atoms with E-state index in [0.717, 1.165) is 0 Å². The monoisotopic (exact) mass is 161 g/mol. The number of halogens is 1. The molecule has 0 spiro atoms. The highest BCUT2D eigenvalue weighted by molar-refractivity contribution is 5.73. The SMILES string of the molecule is Cc1[c]nc2cc(F)ccc2n1. The van der Waals surface area contributed by atoms with Crippen molar-refractivity contribution in [1.29, 1.82) is 0 Å². The van der Waals surface area contributed by atoms with Crippen LogP contribution in [0.15, 0.2) is 18.2 Å². The Morgan fingerprint density at radius 2 is 2.17 bits per heavy atom. The van der Waals surface area contributed by atoms with E-state index in [9.17, 15) is 4.39 Å². The van der Waals surface area contributed by atoms with Gasteiger partial charge in [-0.2, -0.15) is 0 Å². The molecule has 0 N–H and O–H groups in total. The highest BCUT2D eigenvalue weighted by Gasteiger charge is 1.97. The molecule has 1 aromatic heterocycles. The predicted octanol–water partition coefficient (Wildman–Crippen LogP) is 1.88. The second-order valence-corrected chi connectivity index (χ2v) is 2.55. The fourth-order valence-corrected chi connectivity index (χ4v) is 1.03. The van der Waals surface area contributed by atoms with Crippen LogP contribution in [0.5, 0.6) is 0 Å². The first kappa shape index (κ1) is 7.16. The Bertz CT molecular complexity index is 385. The van der Waals surface area contributed by atoms with Crippen molar-refractivity contribution >= 4 is 11.0 Å². The summed E-state index contributed by atoms with van der Waals surface area (Å²) < 4.78 is 12.7.